The average molecular weight is 471 g/mol. The number of nitrogens with one attached hydrogen (secondary N) is 1. The number of nitrogens with zero attached hydrogens (tertiary/aromatic N) is 1. The minimum absolute atomic E-state index is 0.162. The van der Waals surface area contributed by atoms with E-state index in [0.717, 1.165) is 21.5 Å². The summed E-state index contributed by atoms with van der Waals surface area (Å²) >= 11 is 3.19. The largest absolute Gasteiger partial charge is 0.468 e. The molecule has 0 aliphatic heterocycles. The molecule has 0 unspecified atom stereocenters. The van der Waals surface area contributed by atoms with Gasteiger partial charge in [0.25, 0.3) is 5.91 Å². The van der Waals surface area contributed by atoms with Gasteiger partial charge in [-0.25, -0.2) is 4.98 Å². The molecule has 4 rings (SSSR count). The second-order valence-electron chi connectivity index (χ2n) is 6.45. The first-order valence-corrected chi connectivity index (χ1v) is 12.2. The van der Waals surface area contributed by atoms with Crippen LogP contribution in [0, 0.1) is 13.8 Å². The third-order valence-corrected chi connectivity index (χ3v) is 5.77. The van der Waals surface area contributed by atoms with Crippen LogP contribution in [0.5, 0.6) is 5.75 Å². The summed E-state index contributed by atoms with van der Waals surface area (Å²) < 4.78 is 11.6. The third-order valence-electron chi connectivity index (χ3n) is 4.04. The Bertz CT molecular complexity index is 1090. The molecule has 0 aliphatic carbocycles. The van der Waals surface area contributed by atoms with Crippen molar-refractivity contribution < 1.29 is 14.3 Å². The smallest absolute Gasteiger partial charge is 0.257 e. The first-order chi connectivity index (χ1) is 15.5. The number of carbonyl (C=O) groups excluding carboxylic acids is 1. The molecule has 5 nitrogen and oxygen atoms in total. The average Bonchev–Trinajstić information content (AvgIpc) is 3.44. The number of ether oxygens (including phenoxy) is 2. The van der Waals surface area contributed by atoms with Gasteiger partial charge in [0, 0.05) is 17.0 Å². The van der Waals surface area contributed by atoms with Gasteiger partial charge in [0.15, 0.2) is 11.9 Å². The number of thiazole rings is 1. The lowest BCUT2D eigenvalue weighted by atomic mass is 10.1. The lowest BCUT2D eigenvalue weighted by molar-refractivity contribution is 0.0225. The third kappa shape index (κ3) is 8.07. The van der Waals surface area contributed by atoms with Gasteiger partial charge in [-0.3, -0.25) is 10.1 Å². The zero-order valence-electron chi connectivity index (χ0n) is 19.2. The molecule has 2 aromatic heterocycles. The van der Waals surface area contributed by atoms with Crippen LogP contribution in [0.25, 0.3) is 10.2 Å². The molecule has 1 N–H and O–H groups in total. The number of thiophene rings is 1. The second kappa shape index (κ2) is 13.6. The van der Waals surface area contributed by atoms with E-state index >= 15 is 0 Å². The number of hydrogen-bond acceptors (Lipinski definition) is 6. The number of fused-ring (bicyclic) bond motifs is 1. The number of hydrogen-bond donors (Lipinski definition) is 1. The maximum Gasteiger partial charge on any atom is 0.257 e. The quantitative estimate of drug-likeness (QED) is 0.237. The minimum atomic E-state index is -0.162. The van der Waals surface area contributed by atoms with Crippen molar-refractivity contribution in [2.24, 2.45) is 0 Å². The van der Waals surface area contributed by atoms with Crippen molar-refractivity contribution >= 4 is 43.9 Å². The topological polar surface area (TPSA) is 60.5 Å². The van der Waals surface area contributed by atoms with Crippen LogP contribution < -0.4 is 10.1 Å². The Morgan fingerprint density at radius 3 is 2.50 bits per heavy atom. The summed E-state index contributed by atoms with van der Waals surface area (Å²) in [6, 6.07) is 17.2. The van der Waals surface area contributed by atoms with Crippen molar-refractivity contribution in [2.75, 3.05) is 18.7 Å². The van der Waals surface area contributed by atoms with E-state index in [0.29, 0.717) is 17.3 Å². The summed E-state index contributed by atoms with van der Waals surface area (Å²) in [7, 11) is 0. The Hall–Kier alpha value is -2.74. The maximum atomic E-state index is 12.3. The molecule has 7 heteroatoms. The van der Waals surface area contributed by atoms with E-state index < -0.39 is 0 Å². The van der Waals surface area contributed by atoms with E-state index in [4.69, 9.17) is 9.47 Å². The minimum Gasteiger partial charge on any atom is -0.468 e. The summed E-state index contributed by atoms with van der Waals surface area (Å²) in [5.41, 5.74) is 2.49. The molecule has 0 saturated carbocycles. The van der Waals surface area contributed by atoms with Crippen LogP contribution in [-0.2, 0) is 4.74 Å². The first kappa shape index (κ1) is 25.5. The van der Waals surface area contributed by atoms with Crippen LogP contribution in [0.1, 0.15) is 41.6 Å². The standard InChI is InChI=1S/C18H18N2O3S.C5H6S.C2H6/c1-3-22-11-23-14-7-8-15-16(10-14)24-18(19-15)20-17(21)13-6-4-5-12(2)9-13;1-5-3-2-4-6-5;1-2/h4-10H,3,11H2,1-2H3,(H,19,20,21);2-4H,1H3;1-2H3. The highest BCUT2D eigenvalue weighted by Gasteiger charge is 2.10. The van der Waals surface area contributed by atoms with Crippen molar-refractivity contribution in [3.63, 3.8) is 0 Å². The lowest BCUT2D eigenvalue weighted by Gasteiger charge is -2.04. The van der Waals surface area contributed by atoms with Crippen LogP contribution >= 0.6 is 22.7 Å². The van der Waals surface area contributed by atoms with Crippen LogP contribution in [0.3, 0.4) is 0 Å². The molecule has 1 amide bonds. The first-order valence-electron chi connectivity index (χ1n) is 10.5. The van der Waals surface area contributed by atoms with Crippen molar-refractivity contribution in [2.45, 2.75) is 34.6 Å². The van der Waals surface area contributed by atoms with E-state index in [9.17, 15) is 4.79 Å². The van der Waals surface area contributed by atoms with Crippen molar-refractivity contribution in [1.82, 2.24) is 4.98 Å². The fourth-order valence-electron chi connectivity index (χ4n) is 2.56. The molecule has 0 saturated heterocycles. The van der Waals surface area contributed by atoms with E-state index in [1.54, 1.807) is 17.4 Å². The summed E-state index contributed by atoms with van der Waals surface area (Å²) in [6.45, 7) is 10.8. The fraction of sp³-hybridized carbons (Fsp3) is 0.280. The number of aryl methyl sites for hydroxylation is 2. The van der Waals surface area contributed by atoms with Gasteiger partial charge < -0.3 is 9.47 Å². The number of anilines is 1. The molecule has 4 aromatic rings. The normalized spacial score (nSPS) is 9.91. The number of amides is 1. The Labute approximate surface area is 198 Å². The Balaban J connectivity index is 0.000000387. The predicted molar refractivity (Wildman–Crippen MR) is 136 cm³/mol. The van der Waals surface area contributed by atoms with Gasteiger partial charge in [-0.05, 0) is 62.5 Å². The monoisotopic (exact) mass is 470 g/mol. The molecule has 32 heavy (non-hydrogen) atoms. The molecule has 2 aromatic carbocycles. The van der Waals surface area contributed by atoms with E-state index in [-0.39, 0.29) is 12.7 Å². The van der Waals surface area contributed by atoms with Crippen LogP contribution in [0.4, 0.5) is 5.13 Å². The molecule has 2 heterocycles. The Morgan fingerprint density at radius 1 is 1.06 bits per heavy atom. The van der Waals surface area contributed by atoms with Crippen molar-refractivity contribution in [1.29, 1.82) is 0 Å². The van der Waals surface area contributed by atoms with Crippen LogP contribution in [0.15, 0.2) is 60.0 Å². The molecule has 170 valence electrons. The van der Waals surface area contributed by atoms with E-state index in [2.05, 4.69) is 34.7 Å². The number of aromatic nitrogens is 1. The molecule has 0 radical (unpaired) electrons. The molecule has 0 atom stereocenters. The van der Waals surface area contributed by atoms with Gasteiger partial charge in [-0.15, -0.1) is 11.3 Å². The summed E-state index contributed by atoms with van der Waals surface area (Å²) in [4.78, 5) is 18.1. The van der Waals surface area contributed by atoms with Gasteiger partial charge in [0.2, 0.25) is 0 Å². The lowest BCUT2D eigenvalue weighted by Crippen LogP contribution is -2.11. The number of benzene rings is 2. The predicted octanol–water partition coefficient (Wildman–Crippen LogP) is 7.31. The number of rotatable bonds is 6. The molecular formula is C25H30N2O3S2. The summed E-state index contributed by atoms with van der Waals surface area (Å²) in [6.07, 6.45) is 0. The molecule has 0 fully saturated rings. The van der Waals surface area contributed by atoms with Gasteiger partial charge in [-0.1, -0.05) is 48.9 Å². The zero-order chi connectivity index (χ0) is 23.3. The van der Waals surface area contributed by atoms with E-state index in [1.807, 2.05) is 64.1 Å². The van der Waals surface area contributed by atoms with Gasteiger partial charge in [0.05, 0.1) is 10.2 Å². The molecular weight excluding hydrogens is 440 g/mol. The Kier molecular flexibility index (Phi) is 10.9. The van der Waals surface area contributed by atoms with Gasteiger partial charge >= 0.3 is 0 Å². The zero-order valence-corrected chi connectivity index (χ0v) is 20.8. The van der Waals surface area contributed by atoms with Crippen molar-refractivity contribution in [3.8, 4) is 5.75 Å². The van der Waals surface area contributed by atoms with Crippen molar-refractivity contribution in [3.05, 3.63) is 76.0 Å². The highest BCUT2D eigenvalue weighted by atomic mass is 32.1. The van der Waals surface area contributed by atoms with Crippen LogP contribution in [-0.4, -0.2) is 24.3 Å². The van der Waals surface area contributed by atoms with Crippen LogP contribution in [0.2, 0.25) is 0 Å². The molecule has 0 aliphatic rings. The summed E-state index contributed by atoms with van der Waals surface area (Å²) in [5.74, 6) is 0.557. The maximum absolute atomic E-state index is 12.3. The fourth-order valence-corrected chi connectivity index (χ4v) is 3.98. The van der Waals surface area contributed by atoms with Gasteiger partial charge in [-0.2, -0.15) is 0 Å². The number of carbonyl (C=O) groups is 1. The molecule has 0 spiro atoms. The molecule has 0 bridgehead atoms. The highest BCUT2D eigenvalue weighted by molar-refractivity contribution is 7.22. The van der Waals surface area contributed by atoms with Gasteiger partial charge in [0.1, 0.15) is 5.75 Å². The Morgan fingerprint density at radius 2 is 1.88 bits per heavy atom. The second-order valence-corrected chi connectivity index (χ2v) is 8.63. The summed E-state index contributed by atoms with van der Waals surface area (Å²) in [5, 5.41) is 5.50. The SMILES string of the molecule is CC.CCOCOc1ccc2nc(NC(=O)c3cccc(C)c3)sc2c1.Cc1cccs1. The van der Waals surface area contributed by atoms with E-state index in [1.165, 1.54) is 16.2 Å². The highest BCUT2D eigenvalue weighted by Crippen LogP contribution is 2.29.